The summed E-state index contributed by atoms with van der Waals surface area (Å²) in [6.45, 7) is 26.6. The van der Waals surface area contributed by atoms with E-state index in [2.05, 4.69) is 24.9 Å². The Morgan fingerprint density at radius 2 is 1.41 bits per heavy atom. The highest BCUT2D eigenvalue weighted by Crippen LogP contribution is 2.22. The Morgan fingerprint density at radius 3 is 1.74 bits per heavy atom. The molecular formula is C25H39NO. The Bertz CT molecular complexity index is 631. The molecule has 0 saturated heterocycles. The van der Waals surface area contributed by atoms with E-state index < -0.39 is 0 Å². The van der Waals surface area contributed by atoms with Gasteiger partial charge in [-0.25, -0.2) is 0 Å². The maximum Gasteiger partial charge on any atom is 0.134 e. The van der Waals surface area contributed by atoms with E-state index in [0.717, 1.165) is 28.2 Å². The number of rotatable bonds is 4. The number of hydrogen-bond donors (Lipinski definition) is 0. The van der Waals surface area contributed by atoms with Crippen molar-refractivity contribution >= 4 is 5.57 Å². The first kappa shape index (κ1) is 29.2. The van der Waals surface area contributed by atoms with Crippen molar-refractivity contribution in [3.05, 3.63) is 85.7 Å². The van der Waals surface area contributed by atoms with Gasteiger partial charge in [0.25, 0.3) is 0 Å². The minimum atomic E-state index is 0.812. The zero-order valence-corrected chi connectivity index (χ0v) is 18.7. The summed E-state index contributed by atoms with van der Waals surface area (Å²) in [6.07, 6.45) is 7.26. The topological polar surface area (TPSA) is 26.0 Å². The van der Waals surface area contributed by atoms with Gasteiger partial charge in [-0.2, -0.15) is 0 Å². The fourth-order valence-corrected chi connectivity index (χ4v) is 1.74. The minimum absolute atomic E-state index is 0.812. The van der Waals surface area contributed by atoms with E-state index in [0.29, 0.717) is 0 Å². The van der Waals surface area contributed by atoms with E-state index in [9.17, 15) is 0 Å². The van der Waals surface area contributed by atoms with Gasteiger partial charge in [-0.3, -0.25) is 0 Å². The van der Waals surface area contributed by atoms with Crippen LogP contribution in [0.2, 0.25) is 0 Å². The molecule has 0 atom stereocenters. The van der Waals surface area contributed by atoms with Crippen LogP contribution in [0.1, 0.15) is 59.8 Å². The molecule has 0 fully saturated rings. The van der Waals surface area contributed by atoms with Gasteiger partial charge < -0.3 is 4.52 Å². The van der Waals surface area contributed by atoms with E-state index in [1.54, 1.807) is 12.2 Å². The molecule has 0 aliphatic carbocycles. The number of aromatic nitrogens is 1. The molecule has 0 aliphatic rings. The average molecular weight is 370 g/mol. The highest BCUT2D eigenvalue weighted by molar-refractivity contribution is 5.76. The molecule has 1 aromatic heterocycles. The predicted molar refractivity (Wildman–Crippen MR) is 125 cm³/mol. The van der Waals surface area contributed by atoms with Crippen LogP contribution in [0.4, 0.5) is 0 Å². The minimum Gasteiger partial charge on any atom is -0.361 e. The Morgan fingerprint density at radius 1 is 0.926 bits per heavy atom. The first-order valence-electron chi connectivity index (χ1n) is 9.72. The molecule has 1 heterocycles. The second kappa shape index (κ2) is 21.4. The maximum absolute atomic E-state index is 5.07. The smallest absolute Gasteiger partial charge is 0.134 e. The third kappa shape index (κ3) is 12.4. The third-order valence-electron chi connectivity index (χ3n) is 2.66. The van der Waals surface area contributed by atoms with E-state index in [1.807, 2.05) is 97.9 Å². The molecule has 0 spiro atoms. The molecule has 2 nitrogen and oxygen atoms in total. The van der Waals surface area contributed by atoms with Gasteiger partial charge in [0, 0.05) is 11.6 Å². The van der Waals surface area contributed by atoms with Crippen LogP contribution in [0.3, 0.4) is 0 Å². The van der Waals surface area contributed by atoms with Crippen LogP contribution in [0.25, 0.3) is 16.8 Å². The van der Waals surface area contributed by atoms with E-state index >= 15 is 0 Å². The molecule has 0 amide bonds. The quantitative estimate of drug-likeness (QED) is 0.398. The fourth-order valence-electron chi connectivity index (χ4n) is 1.74. The van der Waals surface area contributed by atoms with E-state index in [1.165, 1.54) is 0 Å². The van der Waals surface area contributed by atoms with Crippen LogP contribution in [0.15, 0.2) is 78.9 Å². The van der Waals surface area contributed by atoms with Gasteiger partial charge in [-0.1, -0.05) is 108 Å². The molecule has 150 valence electrons. The molecule has 2 aromatic rings. The van der Waals surface area contributed by atoms with Crippen LogP contribution in [-0.2, 0) is 0 Å². The number of nitrogens with zero attached hydrogens (tertiary/aromatic N) is 1. The molecule has 0 saturated carbocycles. The Hall–Kier alpha value is -2.61. The molecule has 27 heavy (non-hydrogen) atoms. The lowest BCUT2D eigenvalue weighted by molar-refractivity contribution is 0.399. The zero-order valence-electron chi connectivity index (χ0n) is 18.7. The van der Waals surface area contributed by atoms with E-state index in [4.69, 9.17) is 4.52 Å². The molecule has 0 radical (unpaired) electrons. The summed E-state index contributed by atoms with van der Waals surface area (Å²) in [4.78, 5) is 0. The number of benzene rings is 1. The van der Waals surface area contributed by atoms with Gasteiger partial charge in [0.05, 0.1) is 0 Å². The van der Waals surface area contributed by atoms with Gasteiger partial charge in [0.1, 0.15) is 11.5 Å². The van der Waals surface area contributed by atoms with Crippen molar-refractivity contribution in [3.8, 4) is 11.3 Å². The first-order valence-corrected chi connectivity index (χ1v) is 9.72. The summed E-state index contributed by atoms with van der Waals surface area (Å²) in [5.74, 6) is 0.812. The monoisotopic (exact) mass is 369 g/mol. The van der Waals surface area contributed by atoms with Crippen molar-refractivity contribution in [3.63, 3.8) is 0 Å². The normalized spacial score (nSPS) is 8.67. The number of hydrogen-bond acceptors (Lipinski definition) is 2. The standard InChI is InChI=1S/C16H15NO.C3H6.3C2H6/c1-4-6-13(5-2)14-7-9-15(10-8-14)16-11-12(3)18-17-16;1-3-2;3*1-2/h4-11H,1-2H2,3H3;3H,1H2,2H3;3*1-2H3/b13-6+;;;;. The highest BCUT2D eigenvalue weighted by Gasteiger charge is 2.04. The zero-order chi connectivity index (χ0) is 21.7. The lowest BCUT2D eigenvalue weighted by Gasteiger charge is -2.02. The van der Waals surface area contributed by atoms with Crippen LogP contribution < -0.4 is 0 Å². The van der Waals surface area contributed by atoms with Crippen LogP contribution in [0.5, 0.6) is 0 Å². The Labute approximate surface area is 168 Å². The summed E-state index contributed by atoms with van der Waals surface area (Å²) in [7, 11) is 0. The summed E-state index contributed by atoms with van der Waals surface area (Å²) < 4.78 is 5.07. The Kier molecular flexibility index (Phi) is 23.2. The summed E-state index contributed by atoms with van der Waals surface area (Å²) in [6, 6.07) is 10.0. The molecule has 0 unspecified atom stereocenters. The van der Waals surface area contributed by atoms with Crippen molar-refractivity contribution in [2.75, 3.05) is 0 Å². The summed E-state index contributed by atoms with van der Waals surface area (Å²) in [5.41, 5.74) is 4.05. The van der Waals surface area contributed by atoms with E-state index in [-0.39, 0.29) is 0 Å². The second-order valence-electron chi connectivity index (χ2n) is 4.37. The van der Waals surface area contributed by atoms with Crippen LogP contribution >= 0.6 is 0 Å². The number of allylic oxidation sites excluding steroid dienone is 5. The molecule has 0 N–H and O–H groups in total. The highest BCUT2D eigenvalue weighted by atomic mass is 16.5. The van der Waals surface area contributed by atoms with Crippen molar-refractivity contribution < 1.29 is 4.52 Å². The van der Waals surface area contributed by atoms with Crippen LogP contribution in [0, 0.1) is 6.92 Å². The van der Waals surface area contributed by atoms with Gasteiger partial charge >= 0.3 is 0 Å². The average Bonchev–Trinajstić information content (AvgIpc) is 3.18. The molecular weight excluding hydrogens is 330 g/mol. The van der Waals surface area contributed by atoms with Crippen LogP contribution in [-0.4, -0.2) is 5.16 Å². The molecule has 2 rings (SSSR count). The van der Waals surface area contributed by atoms with Crippen molar-refractivity contribution in [2.24, 2.45) is 0 Å². The van der Waals surface area contributed by atoms with Gasteiger partial charge in [-0.15, -0.1) is 6.58 Å². The SMILES string of the molecule is C=C/C=C(\C=C)c1ccc(-c2cc(C)on2)cc1.C=CC.CC.CC.CC. The largest absolute Gasteiger partial charge is 0.361 e. The fraction of sp³-hybridized carbons (Fsp3) is 0.320. The predicted octanol–water partition coefficient (Wildman–Crippen LogP) is 8.68. The molecule has 1 aromatic carbocycles. The van der Waals surface area contributed by atoms with Crippen molar-refractivity contribution in [1.82, 2.24) is 5.16 Å². The van der Waals surface area contributed by atoms with Crippen molar-refractivity contribution in [1.29, 1.82) is 0 Å². The molecule has 0 bridgehead atoms. The lowest BCUT2D eigenvalue weighted by Crippen LogP contribution is -1.82. The van der Waals surface area contributed by atoms with Gasteiger partial charge in [0.2, 0.25) is 0 Å². The number of aryl methyl sites for hydroxylation is 1. The van der Waals surface area contributed by atoms with Gasteiger partial charge in [0.15, 0.2) is 0 Å². The Balaban J connectivity index is -0.000000555. The molecule has 2 heteroatoms. The third-order valence-corrected chi connectivity index (χ3v) is 2.66. The second-order valence-corrected chi connectivity index (χ2v) is 4.37. The van der Waals surface area contributed by atoms with Gasteiger partial charge in [-0.05, 0) is 25.0 Å². The summed E-state index contributed by atoms with van der Waals surface area (Å²) in [5, 5.41) is 3.99. The molecule has 0 aliphatic heterocycles. The lowest BCUT2D eigenvalue weighted by atomic mass is 10.0. The summed E-state index contributed by atoms with van der Waals surface area (Å²) >= 11 is 0. The van der Waals surface area contributed by atoms with Crippen molar-refractivity contribution in [2.45, 2.75) is 55.4 Å². The first-order chi connectivity index (χ1) is 13.2. The maximum atomic E-state index is 5.07.